The van der Waals surface area contributed by atoms with Gasteiger partial charge in [0.1, 0.15) is 11.9 Å². The minimum absolute atomic E-state index is 0.349. The molecule has 0 bridgehead atoms. The number of aromatic nitrogens is 2. The number of benzene rings is 1. The number of aliphatic hydroxyl groups excluding tert-OH is 1. The van der Waals surface area contributed by atoms with Crippen molar-refractivity contribution in [2.24, 2.45) is 0 Å². The average Bonchev–Trinajstić information content (AvgIpc) is 2.80. The van der Waals surface area contributed by atoms with E-state index in [1.165, 1.54) is 24.4 Å². The summed E-state index contributed by atoms with van der Waals surface area (Å²) in [6.07, 6.45) is -0.901. The Labute approximate surface area is 183 Å². The Kier molecular flexibility index (Phi) is 6.69. The van der Waals surface area contributed by atoms with E-state index < -0.39 is 18.5 Å². The maximum atomic E-state index is 12.7. The van der Waals surface area contributed by atoms with E-state index in [0.717, 1.165) is 5.56 Å². The molecule has 1 saturated heterocycles. The van der Waals surface area contributed by atoms with Crippen molar-refractivity contribution in [3.63, 3.8) is 0 Å². The van der Waals surface area contributed by atoms with E-state index in [4.69, 9.17) is 4.74 Å². The Balaban J connectivity index is 1.72. The SMILES string of the molecule is O[C@H](c1cccnc1-c1cccc(OC(F)(F)F)c1)[C@H](c1cccnc1)N1CCOCC1. The molecule has 3 heterocycles. The van der Waals surface area contributed by atoms with Gasteiger partial charge < -0.3 is 14.6 Å². The second-order valence-electron chi connectivity index (χ2n) is 7.34. The molecule has 1 aliphatic rings. The summed E-state index contributed by atoms with van der Waals surface area (Å²) in [4.78, 5) is 10.7. The summed E-state index contributed by atoms with van der Waals surface area (Å²) in [7, 11) is 0. The third-order valence-corrected chi connectivity index (χ3v) is 5.26. The third kappa shape index (κ3) is 5.24. The summed E-state index contributed by atoms with van der Waals surface area (Å²) in [5, 5.41) is 11.5. The first kappa shape index (κ1) is 22.2. The predicted molar refractivity (Wildman–Crippen MR) is 111 cm³/mol. The Bertz CT molecular complexity index is 1030. The molecule has 6 nitrogen and oxygen atoms in total. The highest BCUT2D eigenvalue weighted by molar-refractivity contribution is 5.65. The minimum Gasteiger partial charge on any atom is -0.406 e. The van der Waals surface area contributed by atoms with E-state index in [2.05, 4.69) is 19.6 Å². The summed E-state index contributed by atoms with van der Waals surface area (Å²) in [5.74, 6) is -0.349. The quantitative estimate of drug-likeness (QED) is 0.615. The monoisotopic (exact) mass is 445 g/mol. The number of aliphatic hydroxyl groups is 1. The second-order valence-corrected chi connectivity index (χ2v) is 7.34. The van der Waals surface area contributed by atoms with Gasteiger partial charge in [0, 0.05) is 42.8 Å². The van der Waals surface area contributed by atoms with Crippen LogP contribution in [0.15, 0.2) is 67.1 Å². The van der Waals surface area contributed by atoms with E-state index >= 15 is 0 Å². The first-order valence-electron chi connectivity index (χ1n) is 10.1. The second kappa shape index (κ2) is 9.64. The van der Waals surface area contributed by atoms with Gasteiger partial charge in [-0.15, -0.1) is 13.2 Å². The van der Waals surface area contributed by atoms with Gasteiger partial charge >= 0.3 is 6.36 Å². The van der Waals surface area contributed by atoms with Gasteiger partial charge in [-0.25, -0.2) is 0 Å². The fraction of sp³-hybridized carbons (Fsp3) is 0.304. The van der Waals surface area contributed by atoms with Gasteiger partial charge in [-0.1, -0.05) is 24.3 Å². The van der Waals surface area contributed by atoms with Crippen LogP contribution in [0, 0.1) is 0 Å². The molecule has 9 heteroatoms. The normalized spacial score (nSPS) is 17.0. The smallest absolute Gasteiger partial charge is 0.406 e. The molecule has 2 atom stereocenters. The molecule has 168 valence electrons. The number of rotatable bonds is 6. The molecule has 0 unspecified atom stereocenters. The zero-order chi connectivity index (χ0) is 22.6. The van der Waals surface area contributed by atoms with Crippen molar-refractivity contribution >= 4 is 0 Å². The number of halogens is 3. The molecule has 32 heavy (non-hydrogen) atoms. The van der Waals surface area contributed by atoms with Crippen molar-refractivity contribution in [1.29, 1.82) is 0 Å². The molecule has 0 aliphatic carbocycles. The van der Waals surface area contributed by atoms with Crippen LogP contribution in [0.25, 0.3) is 11.3 Å². The molecule has 0 radical (unpaired) electrons. The van der Waals surface area contributed by atoms with Crippen LogP contribution < -0.4 is 4.74 Å². The highest BCUT2D eigenvalue weighted by Gasteiger charge is 2.33. The molecule has 0 saturated carbocycles. The lowest BCUT2D eigenvalue weighted by atomic mass is 9.92. The maximum Gasteiger partial charge on any atom is 0.573 e. The van der Waals surface area contributed by atoms with E-state index in [9.17, 15) is 18.3 Å². The van der Waals surface area contributed by atoms with Crippen LogP contribution in [-0.4, -0.2) is 52.6 Å². The van der Waals surface area contributed by atoms with Crippen LogP contribution in [0.1, 0.15) is 23.3 Å². The van der Waals surface area contributed by atoms with Crippen molar-refractivity contribution < 1.29 is 27.8 Å². The molecule has 4 rings (SSSR count). The number of pyridine rings is 2. The summed E-state index contributed by atoms with van der Waals surface area (Å²) in [6, 6.07) is 12.3. The van der Waals surface area contributed by atoms with Crippen LogP contribution in [0.5, 0.6) is 5.75 Å². The molecule has 1 N–H and O–H groups in total. The Morgan fingerprint density at radius 1 is 1.03 bits per heavy atom. The fourth-order valence-electron chi connectivity index (χ4n) is 3.91. The Morgan fingerprint density at radius 2 is 1.81 bits per heavy atom. The van der Waals surface area contributed by atoms with E-state index in [1.54, 1.807) is 36.7 Å². The van der Waals surface area contributed by atoms with Crippen LogP contribution >= 0.6 is 0 Å². The van der Waals surface area contributed by atoms with Crippen LogP contribution in [-0.2, 0) is 4.74 Å². The van der Waals surface area contributed by atoms with Crippen molar-refractivity contribution in [1.82, 2.24) is 14.9 Å². The number of hydrogen-bond acceptors (Lipinski definition) is 6. The van der Waals surface area contributed by atoms with Crippen LogP contribution in [0.2, 0.25) is 0 Å². The molecular formula is C23H22F3N3O3. The topological polar surface area (TPSA) is 67.7 Å². The lowest BCUT2D eigenvalue weighted by Gasteiger charge is -2.37. The summed E-state index contributed by atoms with van der Waals surface area (Å²) >= 11 is 0. The maximum absolute atomic E-state index is 12.7. The molecule has 3 aromatic rings. The molecule has 1 aromatic carbocycles. The van der Waals surface area contributed by atoms with Gasteiger partial charge in [0.2, 0.25) is 0 Å². The van der Waals surface area contributed by atoms with E-state index in [-0.39, 0.29) is 5.75 Å². The first-order valence-corrected chi connectivity index (χ1v) is 10.1. The summed E-state index contributed by atoms with van der Waals surface area (Å²) in [6.45, 7) is 2.34. The molecule has 0 amide bonds. The predicted octanol–water partition coefficient (Wildman–Crippen LogP) is 4.15. The van der Waals surface area contributed by atoms with Gasteiger partial charge in [0.15, 0.2) is 0 Å². The van der Waals surface area contributed by atoms with Gasteiger partial charge in [-0.05, 0) is 29.8 Å². The Morgan fingerprint density at radius 3 is 2.53 bits per heavy atom. The highest BCUT2D eigenvalue weighted by Crippen LogP contribution is 2.38. The summed E-state index contributed by atoms with van der Waals surface area (Å²) < 4.78 is 47.6. The van der Waals surface area contributed by atoms with Crippen molar-refractivity contribution in [2.75, 3.05) is 26.3 Å². The van der Waals surface area contributed by atoms with Crippen LogP contribution in [0.3, 0.4) is 0 Å². The first-order chi connectivity index (χ1) is 15.4. The number of hydrogen-bond donors (Lipinski definition) is 1. The zero-order valence-electron chi connectivity index (χ0n) is 17.1. The van der Waals surface area contributed by atoms with E-state index in [0.29, 0.717) is 43.1 Å². The molecule has 2 aromatic heterocycles. The van der Waals surface area contributed by atoms with Gasteiger partial charge in [-0.2, -0.15) is 0 Å². The van der Waals surface area contributed by atoms with Crippen molar-refractivity contribution in [2.45, 2.75) is 18.5 Å². The van der Waals surface area contributed by atoms with Crippen LogP contribution in [0.4, 0.5) is 13.2 Å². The molecule has 1 fully saturated rings. The van der Waals surface area contributed by atoms with Gasteiger partial charge in [0.05, 0.1) is 24.9 Å². The molecule has 1 aliphatic heterocycles. The number of ether oxygens (including phenoxy) is 2. The highest BCUT2D eigenvalue weighted by atomic mass is 19.4. The largest absolute Gasteiger partial charge is 0.573 e. The molecule has 0 spiro atoms. The summed E-state index contributed by atoms with van der Waals surface area (Å²) in [5.41, 5.74) is 2.12. The van der Waals surface area contributed by atoms with E-state index in [1.807, 2.05) is 6.07 Å². The van der Waals surface area contributed by atoms with Crippen molar-refractivity contribution in [3.8, 4) is 17.0 Å². The van der Waals surface area contributed by atoms with Gasteiger partial charge in [-0.3, -0.25) is 14.9 Å². The minimum atomic E-state index is -4.80. The standard InChI is InChI=1S/C23H22F3N3O3/c24-23(25,26)32-18-6-1-4-16(14-18)20-19(7-3-9-28-20)22(30)21(17-5-2-8-27-15-17)29-10-12-31-13-11-29/h1-9,14-15,21-22,30H,10-13H2/t21-,22+/m0/s1. The number of nitrogens with zero attached hydrogens (tertiary/aromatic N) is 3. The average molecular weight is 445 g/mol. The fourth-order valence-corrected chi connectivity index (χ4v) is 3.91. The Hall–Kier alpha value is -3.01. The lowest BCUT2D eigenvalue weighted by molar-refractivity contribution is -0.274. The number of morpholine rings is 1. The lowest BCUT2D eigenvalue weighted by Crippen LogP contribution is -2.41. The number of alkyl halides is 3. The van der Waals surface area contributed by atoms with Gasteiger partial charge in [0.25, 0.3) is 0 Å². The van der Waals surface area contributed by atoms with Crippen molar-refractivity contribution in [3.05, 3.63) is 78.2 Å². The zero-order valence-corrected chi connectivity index (χ0v) is 17.1. The molecular weight excluding hydrogens is 423 g/mol. The third-order valence-electron chi connectivity index (χ3n) is 5.26.